The van der Waals surface area contributed by atoms with Gasteiger partial charge in [-0.05, 0) is 19.2 Å². The van der Waals surface area contributed by atoms with Crippen molar-refractivity contribution in [3.8, 4) is 0 Å². The van der Waals surface area contributed by atoms with Crippen molar-refractivity contribution in [1.29, 1.82) is 0 Å². The maximum absolute atomic E-state index is 12.2. The number of rotatable bonds is 6. The molecule has 0 aliphatic carbocycles. The van der Waals surface area contributed by atoms with Crippen molar-refractivity contribution in [3.05, 3.63) is 21.3 Å². The molecular formula is C15H23ClN4O2S. The van der Waals surface area contributed by atoms with Gasteiger partial charge in [-0.1, -0.05) is 11.6 Å². The highest BCUT2D eigenvalue weighted by molar-refractivity contribution is 7.16. The molecule has 128 valence electrons. The fraction of sp³-hybridized carbons (Fsp3) is 0.600. The van der Waals surface area contributed by atoms with Crippen molar-refractivity contribution in [3.63, 3.8) is 0 Å². The van der Waals surface area contributed by atoms with Crippen LogP contribution in [-0.4, -0.2) is 79.9 Å². The van der Waals surface area contributed by atoms with E-state index in [1.807, 2.05) is 17.0 Å². The number of amides is 2. The third-order valence-electron chi connectivity index (χ3n) is 3.73. The van der Waals surface area contributed by atoms with Crippen LogP contribution in [0.15, 0.2) is 12.1 Å². The first-order chi connectivity index (χ1) is 11.0. The van der Waals surface area contributed by atoms with E-state index in [1.165, 1.54) is 11.3 Å². The summed E-state index contributed by atoms with van der Waals surface area (Å²) in [6.07, 6.45) is 0. The third kappa shape index (κ3) is 5.76. The molecule has 0 unspecified atom stereocenters. The van der Waals surface area contributed by atoms with Gasteiger partial charge in [0.25, 0.3) is 0 Å². The number of carbonyl (C=O) groups excluding carboxylic acids is 2. The molecule has 6 nitrogen and oxygen atoms in total. The normalized spacial score (nSPS) is 15.0. The molecule has 1 aromatic heterocycles. The fourth-order valence-electron chi connectivity index (χ4n) is 2.41. The van der Waals surface area contributed by atoms with Crippen LogP contribution in [-0.2, 0) is 16.1 Å². The van der Waals surface area contributed by atoms with Gasteiger partial charge in [0.2, 0.25) is 11.8 Å². The van der Waals surface area contributed by atoms with Crippen LogP contribution in [0.5, 0.6) is 0 Å². The Balaban J connectivity index is 1.75. The van der Waals surface area contributed by atoms with Crippen molar-refractivity contribution in [2.75, 3.05) is 53.4 Å². The third-order valence-corrected chi connectivity index (χ3v) is 4.94. The molecule has 2 heterocycles. The summed E-state index contributed by atoms with van der Waals surface area (Å²) < 4.78 is 0.722. The standard InChI is InChI=1S/C15H23ClN4O2S/c1-18(11-15(22)20-7-5-17-6-8-20)10-14(21)19(2)9-12-3-4-13(16)23-12/h3-4,17H,5-11H2,1-2H3. The molecule has 0 bridgehead atoms. The van der Waals surface area contributed by atoms with Gasteiger partial charge in [-0.25, -0.2) is 0 Å². The molecular weight excluding hydrogens is 336 g/mol. The average Bonchev–Trinajstić information content (AvgIpc) is 2.93. The molecule has 1 aliphatic rings. The minimum atomic E-state index is -0.00914. The fourth-order valence-corrected chi connectivity index (χ4v) is 3.55. The Morgan fingerprint density at radius 1 is 1.26 bits per heavy atom. The molecule has 8 heteroatoms. The summed E-state index contributed by atoms with van der Waals surface area (Å²) in [6.45, 7) is 4.17. The largest absolute Gasteiger partial charge is 0.340 e. The van der Waals surface area contributed by atoms with E-state index in [0.717, 1.165) is 35.4 Å². The average molecular weight is 359 g/mol. The number of hydrogen-bond acceptors (Lipinski definition) is 5. The smallest absolute Gasteiger partial charge is 0.236 e. The van der Waals surface area contributed by atoms with Crippen molar-refractivity contribution >= 4 is 34.8 Å². The van der Waals surface area contributed by atoms with Crippen LogP contribution in [0.2, 0.25) is 4.34 Å². The molecule has 1 aromatic rings. The lowest BCUT2D eigenvalue weighted by Crippen LogP contribution is -2.50. The predicted octanol–water partition coefficient (Wildman–Crippen LogP) is 0.723. The number of nitrogens with zero attached hydrogens (tertiary/aromatic N) is 3. The topological polar surface area (TPSA) is 55.9 Å². The molecule has 2 amide bonds. The molecule has 0 saturated carbocycles. The first-order valence-electron chi connectivity index (χ1n) is 7.61. The number of piperazine rings is 1. The van der Waals surface area contributed by atoms with Crippen molar-refractivity contribution in [2.45, 2.75) is 6.54 Å². The van der Waals surface area contributed by atoms with E-state index in [-0.39, 0.29) is 24.9 Å². The molecule has 23 heavy (non-hydrogen) atoms. The van der Waals surface area contributed by atoms with Crippen LogP contribution in [0.4, 0.5) is 0 Å². The van der Waals surface area contributed by atoms with Crippen LogP contribution < -0.4 is 5.32 Å². The van der Waals surface area contributed by atoms with Gasteiger partial charge in [-0.15, -0.1) is 11.3 Å². The molecule has 0 aromatic carbocycles. The summed E-state index contributed by atoms with van der Waals surface area (Å²) >= 11 is 7.37. The molecule has 0 radical (unpaired) electrons. The zero-order valence-electron chi connectivity index (χ0n) is 13.5. The number of halogens is 1. The van der Waals surface area contributed by atoms with Gasteiger partial charge in [0, 0.05) is 38.1 Å². The second-order valence-electron chi connectivity index (χ2n) is 5.76. The van der Waals surface area contributed by atoms with Gasteiger partial charge in [0.05, 0.1) is 24.0 Å². The molecule has 1 aliphatic heterocycles. The van der Waals surface area contributed by atoms with Crippen molar-refractivity contribution in [1.82, 2.24) is 20.0 Å². The predicted molar refractivity (Wildman–Crippen MR) is 92.7 cm³/mol. The number of hydrogen-bond donors (Lipinski definition) is 1. The number of thiophene rings is 1. The Morgan fingerprint density at radius 3 is 2.57 bits per heavy atom. The van der Waals surface area contributed by atoms with Crippen LogP contribution in [0.25, 0.3) is 0 Å². The maximum Gasteiger partial charge on any atom is 0.236 e. The Morgan fingerprint density at radius 2 is 1.96 bits per heavy atom. The van der Waals surface area contributed by atoms with Gasteiger partial charge in [-0.2, -0.15) is 0 Å². The van der Waals surface area contributed by atoms with E-state index < -0.39 is 0 Å². The second-order valence-corrected chi connectivity index (χ2v) is 7.56. The van der Waals surface area contributed by atoms with Crippen LogP contribution in [0.3, 0.4) is 0 Å². The van der Waals surface area contributed by atoms with Crippen LogP contribution in [0, 0.1) is 0 Å². The summed E-state index contributed by atoms with van der Waals surface area (Å²) in [5.41, 5.74) is 0. The maximum atomic E-state index is 12.2. The first-order valence-corrected chi connectivity index (χ1v) is 8.80. The highest BCUT2D eigenvalue weighted by atomic mass is 35.5. The summed E-state index contributed by atoms with van der Waals surface area (Å²) in [6, 6.07) is 3.76. The monoisotopic (exact) mass is 358 g/mol. The molecule has 1 N–H and O–H groups in total. The van der Waals surface area contributed by atoms with E-state index >= 15 is 0 Å². The van der Waals surface area contributed by atoms with E-state index in [2.05, 4.69) is 5.32 Å². The van der Waals surface area contributed by atoms with E-state index in [9.17, 15) is 9.59 Å². The van der Waals surface area contributed by atoms with Gasteiger partial charge in [0.15, 0.2) is 0 Å². The number of carbonyl (C=O) groups is 2. The summed E-state index contributed by atoms with van der Waals surface area (Å²) in [5, 5.41) is 3.22. The Kier molecular flexibility index (Phi) is 6.83. The van der Waals surface area contributed by atoms with E-state index in [1.54, 1.807) is 23.9 Å². The Labute approximate surface area is 146 Å². The van der Waals surface area contributed by atoms with E-state index in [4.69, 9.17) is 11.6 Å². The summed E-state index contributed by atoms with van der Waals surface area (Å²) in [5.74, 6) is 0.0691. The number of nitrogens with one attached hydrogen (secondary N) is 1. The molecule has 1 saturated heterocycles. The lowest BCUT2D eigenvalue weighted by atomic mass is 10.3. The quantitative estimate of drug-likeness (QED) is 0.814. The van der Waals surface area contributed by atoms with Crippen molar-refractivity contribution in [2.24, 2.45) is 0 Å². The van der Waals surface area contributed by atoms with Crippen LogP contribution >= 0.6 is 22.9 Å². The minimum absolute atomic E-state index is 0.00914. The Bertz CT molecular complexity index is 545. The lowest BCUT2D eigenvalue weighted by molar-refractivity contribution is -0.135. The van der Waals surface area contributed by atoms with Crippen LogP contribution in [0.1, 0.15) is 4.88 Å². The zero-order chi connectivity index (χ0) is 16.8. The summed E-state index contributed by atoms with van der Waals surface area (Å²) in [7, 11) is 3.57. The van der Waals surface area contributed by atoms with Gasteiger partial charge in [-0.3, -0.25) is 14.5 Å². The minimum Gasteiger partial charge on any atom is -0.340 e. The molecule has 1 fully saturated rings. The zero-order valence-corrected chi connectivity index (χ0v) is 15.1. The molecule has 2 rings (SSSR count). The molecule has 0 spiro atoms. The van der Waals surface area contributed by atoms with Gasteiger partial charge in [0.1, 0.15) is 0 Å². The van der Waals surface area contributed by atoms with Crippen molar-refractivity contribution < 1.29 is 9.59 Å². The van der Waals surface area contributed by atoms with Gasteiger partial charge >= 0.3 is 0 Å². The number of likely N-dealkylation sites (N-methyl/N-ethyl adjacent to an activating group) is 2. The highest BCUT2D eigenvalue weighted by Crippen LogP contribution is 2.22. The first kappa shape index (κ1) is 18.2. The SMILES string of the molecule is CN(CC(=O)N(C)Cc1ccc(Cl)s1)CC(=O)N1CCNCC1. The van der Waals surface area contributed by atoms with Gasteiger partial charge < -0.3 is 15.1 Å². The highest BCUT2D eigenvalue weighted by Gasteiger charge is 2.19. The van der Waals surface area contributed by atoms with E-state index in [0.29, 0.717) is 6.54 Å². The summed E-state index contributed by atoms with van der Waals surface area (Å²) in [4.78, 5) is 30.7. The Hall–Kier alpha value is -1.15. The molecule has 0 atom stereocenters. The lowest BCUT2D eigenvalue weighted by Gasteiger charge is -2.29. The second kappa shape index (κ2) is 8.63.